The Bertz CT molecular complexity index is 596. The molecule has 107 valence electrons. The van der Waals surface area contributed by atoms with Crippen molar-refractivity contribution in [2.45, 2.75) is 19.8 Å². The maximum absolute atomic E-state index is 11.9. The van der Waals surface area contributed by atoms with Crippen molar-refractivity contribution < 1.29 is 42.2 Å². The summed E-state index contributed by atoms with van der Waals surface area (Å²) in [5.41, 5.74) is 1.71. The third-order valence-corrected chi connectivity index (χ3v) is 3.67. The molecule has 1 amide bonds. The van der Waals surface area contributed by atoms with Crippen LogP contribution in [-0.4, -0.2) is 24.0 Å². The van der Waals surface area contributed by atoms with E-state index in [4.69, 9.17) is 10.00 Å². The van der Waals surface area contributed by atoms with Crippen molar-refractivity contribution >= 4 is 27.5 Å². The van der Waals surface area contributed by atoms with Gasteiger partial charge in [0.2, 0.25) is 5.91 Å². The molecule has 0 fully saturated rings. The number of nitrogens with zero attached hydrogens (tertiary/aromatic N) is 2. The van der Waals surface area contributed by atoms with Gasteiger partial charge in [-0.05, 0) is 19.1 Å². The summed E-state index contributed by atoms with van der Waals surface area (Å²) in [5.74, 6) is 0.742. The van der Waals surface area contributed by atoms with E-state index < -0.39 is 0 Å². The number of benzene rings is 1. The molecule has 0 aliphatic carbocycles. The third-order valence-electron chi connectivity index (χ3n) is 3.02. The summed E-state index contributed by atoms with van der Waals surface area (Å²) < 4.78 is 6.07. The molecule has 2 rings (SSSR count). The van der Waals surface area contributed by atoms with Crippen LogP contribution >= 0.6 is 15.9 Å². The molecule has 4 nitrogen and oxygen atoms in total. The van der Waals surface area contributed by atoms with Gasteiger partial charge >= 0.3 is 0 Å². The smallest absolute Gasteiger partial charge is 0.223 e. The van der Waals surface area contributed by atoms with Gasteiger partial charge in [0.1, 0.15) is 11.8 Å². The van der Waals surface area contributed by atoms with Crippen LogP contribution in [0.25, 0.3) is 5.70 Å². The number of rotatable bonds is 4. The summed E-state index contributed by atoms with van der Waals surface area (Å²) >= 11 is 3.49. The van der Waals surface area contributed by atoms with Gasteiger partial charge in [-0.25, -0.2) is 6.08 Å². The minimum atomic E-state index is 0. The first-order valence-corrected chi connectivity index (χ1v) is 7.17. The van der Waals surface area contributed by atoms with Crippen LogP contribution in [0.1, 0.15) is 25.3 Å². The maximum atomic E-state index is 11.9. The fourth-order valence-corrected chi connectivity index (χ4v) is 2.66. The van der Waals surface area contributed by atoms with E-state index in [-0.39, 0.29) is 45.2 Å². The van der Waals surface area contributed by atoms with Gasteiger partial charge in [-0.2, -0.15) is 5.26 Å². The number of ether oxygens (including phenoxy) is 1. The normalized spacial score (nSPS) is 14.0. The molecule has 6 heteroatoms. The van der Waals surface area contributed by atoms with Gasteiger partial charge in [0.05, 0.1) is 0 Å². The zero-order chi connectivity index (χ0) is 14.5. The van der Waals surface area contributed by atoms with Crippen molar-refractivity contribution in [3.63, 3.8) is 0 Å². The standard InChI is InChI=1S/C15H14BrN2O2.Y/c1-2-18-14(4-3-5-15(18)19)12-7-6-11(10-13(12)16)20-9-8-17;/h6-7,10H,2-3,5,9H2,1H3;/q-1;. The largest absolute Gasteiger partial charge is 0.479 e. The Morgan fingerprint density at radius 2 is 2.29 bits per heavy atom. The minimum absolute atomic E-state index is 0. The molecule has 0 saturated carbocycles. The number of allylic oxidation sites excluding steroid dienone is 1. The molecule has 0 spiro atoms. The van der Waals surface area contributed by atoms with E-state index in [1.807, 2.05) is 19.1 Å². The van der Waals surface area contributed by atoms with E-state index in [1.54, 1.807) is 17.0 Å². The Morgan fingerprint density at radius 3 is 2.90 bits per heavy atom. The molecule has 1 aromatic carbocycles. The number of hydrogen-bond donors (Lipinski definition) is 0. The van der Waals surface area contributed by atoms with Crippen LogP contribution in [-0.2, 0) is 37.5 Å². The van der Waals surface area contributed by atoms with Crippen molar-refractivity contribution in [2.75, 3.05) is 13.2 Å². The first kappa shape index (κ1) is 18.4. The van der Waals surface area contributed by atoms with Crippen LogP contribution in [0.5, 0.6) is 5.75 Å². The van der Waals surface area contributed by atoms with Crippen LogP contribution in [0.15, 0.2) is 22.7 Å². The summed E-state index contributed by atoms with van der Waals surface area (Å²) in [5, 5.41) is 8.51. The number of carbonyl (C=O) groups excluding carboxylic acids is 1. The molecular weight excluding hydrogens is 409 g/mol. The summed E-state index contributed by atoms with van der Waals surface area (Å²) in [6.45, 7) is 2.59. The van der Waals surface area contributed by atoms with Crippen LogP contribution in [0.4, 0.5) is 0 Å². The number of carbonyl (C=O) groups is 1. The zero-order valence-corrected chi connectivity index (χ0v) is 16.2. The van der Waals surface area contributed by atoms with Gasteiger partial charge in [-0.1, -0.05) is 20.4 Å². The van der Waals surface area contributed by atoms with Crippen LogP contribution in [0.3, 0.4) is 0 Å². The number of nitriles is 1. The summed E-state index contributed by atoms with van der Waals surface area (Å²) in [6, 6.07) is 7.39. The molecule has 0 atom stereocenters. The fourth-order valence-electron chi connectivity index (χ4n) is 2.11. The molecule has 0 aromatic heterocycles. The van der Waals surface area contributed by atoms with E-state index in [0.29, 0.717) is 25.1 Å². The molecule has 0 saturated heterocycles. The monoisotopic (exact) mass is 422 g/mol. The molecule has 0 unspecified atom stereocenters. The topological polar surface area (TPSA) is 53.3 Å². The van der Waals surface area contributed by atoms with E-state index >= 15 is 0 Å². The first-order valence-electron chi connectivity index (χ1n) is 6.38. The molecule has 1 heterocycles. The minimum Gasteiger partial charge on any atom is -0.479 e. The fraction of sp³-hybridized carbons (Fsp3) is 0.333. The Balaban J connectivity index is 0.00000220. The van der Waals surface area contributed by atoms with Crippen molar-refractivity contribution in [2.24, 2.45) is 0 Å². The second kappa shape index (κ2) is 8.68. The molecule has 1 radical (unpaired) electrons. The van der Waals surface area contributed by atoms with E-state index in [0.717, 1.165) is 15.7 Å². The number of hydrogen-bond acceptors (Lipinski definition) is 3. The Hall–Kier alpha value is -0.696. The van der Waals surface area contributed by atoms with Gasteiger partial charge in [0.25, 0.3) is 0 Å². The van der Waals surface area contributed by atoms with Crippen molar-refractivity contribution in [3.05, 3.63) is 34.3 Å². The van der Waals surface area contributed by atoms with Gasteiger partial charge in [-0.15, -0.1) is 23.7 Å². The van der Waals surface area contributed by atoms with Crippen LogP contribution in [0.2, 0.25) is 0 Å². The second-order valence-corrected chi connectivity index (χ2v) is 5.11. The van der Waals surface area contributed by atoms with Crippen LogP contribution in [0, 0.1) is 17.4 Å². The molecule has 0 N–H and O–H groups in total. The number of amides is 1. The van der Waals surface area contributed by atoms with Crippen molar-refractivity contribution in [1.29, 1.82) is 5.26 Å². The van der Waals surface area contributed by atoms with E-state index in [9.17, 15) is 4.79 Å². The van der Waals surface area contributed by atoms with Gasteiger partial charge in [0.15, 0.2) is 6.61 Å². The zero-order valence-electron chi connectivity index (χ0n) is 11.7. The molecular formula is C15H14BrN2O2Y-. The van der Waals surface area contributed by atoms with Gasteiger partial charge < -0.3 is 9.64 Å². The maximum Gasteiger partial charge on any atom is 0.223 e. The molecule has 1 aliphatic heterocycles. The Morgan fingerprint density at radius 1 is 1.52 bits per heavy atom. The van der Waals surface area contributed by atoms with Gasteiger partial charge in [-0.3, -0.25) is 4.79 Å². The summed E-state index contributed by atoms with van der Waals surface area (Å²) in [6.07, 6.45) is 4.42. The number of halogens is 1. The second-order valence-electron chi connectivity index (χ2n) is 4.25. The van der Waals surface area contributed by atoms with E-state index in [2.05, 4.69) is 22.0 Å². The molecule has 1 aromatic rings. The Labute approximate surface area is 158 Å². The average molecular weight is 423 g/mol. The van der Waals surface area contributed by atoms with Crippen molar-refractivity contribution in [1.82, 2.24) is 4.90 Å². The van der Waals surface area contributed by atoms with Crippen LogP contribution < -0.4 is 4.74 Å². The average Bonchev–Trinajstić information content (AvgIpc) is 2.45. The predicted molar refractivity (Wildman–Crippen MR) is 78.5 cm³/mol. The third kappa shape index (κ3) is 4.39. The SMILES string of the molecule is CCN1C(=O)CC[C-]=C1c1ccc(OCC#N)cc1Br.[Y]. The Kier molecular flexibility index (Phi) is 7.58. The van der Waals surface area contributed by atoms with Gasteiger partial charge in [0, 0.05) is 45.7 Å². The quantitative estimate of drug-likeness (QED) is 0.700. The summed E-state index contributed by atoms with van der Waals surface area (Å²) in [7, 11) is 0. The van der Waals surface area contributed by atoms with E-state index in [1.165, 1.54) is 0 Å². The molecule has 1 aliphatic rings. The van der Waals surface area contributed by atoms with Crippen molar-refractivity contribution in [3.8, 4) is 11.8 Å². The predicted octanol–water partition coefficient (Wildman–Crippen LogP) is 3.14. The molecule has 21 heavy (non-hydrogen) atoms. The molecule has 0 bridgehead atoms. The first-order chi connectivity index (χ1) is 9.67. The summed E-state index contributed by atoms with van der Waals surface area (Å²) in [4.78, 5) is 13.7.